The van der Waals surface area contributed by atoms with E-state index in [1.54, 1.807) is 20.8 Å². The molecular weight excluding hydrogens is 386 g/mol. The van der Waals surface area contributed by atoms with E-state index in [9.17, 15) is 22.8 Å². The van der Waals surface area contributed by atoms with E-state index in [4.69, 9.17) is 4.74 Å². The number of sulfonamides is 1. The first-order valence-electron chi connectivity index (χ1n) is 8.90. The average Bonchev–Trinajstić information content (AvgIpc) is 2.63. The van der Waals surface area contributed by atoms with Crippen LogP contribution in [0.2, 0.25) is 0 Å². The van der Waals surface area contributed by atoms with E-state index >= 15 is 0 Å². The Morgan fingerprint density at radius 1 is 1.04 bits per heavy atom. The van der Waals surface area contributed by atoms with Crippen LogP contribution in [0.1, 0.15) is 44.5 Å². The third-order valence-corrected chi connectivity index (χ3v) is 5.20. The van der Waals surface area contributed by atoms with Gasteiger partial charge in [-0.05, 0) is 51.5 Å². The molecule has 0 unspecified atom stereocenters. The summed E-state index contributed by atoms with van der Waals surface area (Å²) in [6.45, 7) is 6.42. The highest BCUT2D eigenvalue weighted by Gasteiger charge is 2.18. The summed E-state index contributed by atoms with van der Waals surface area (Å²) in [6, 6.07) is 4.93. The second kappa shape index (κ2) is 10.8. The van der Waals surface area contributed by atoms with Gasteiger partial charge in [0, 0.05) is 12.1 Å². The van der Waals surface area contributed by atoms with E-state index in [1.807, 2.05) is 6.92 Å². The Morgan fingerprint density at radius 3 is 2.18 bits per heavy atom. The first-order valence-corrected chi connectivity index (χ1v) is 10.4. The molecule has 0 fully saturated rings. The van der Waals surface area contributed by atoms with Crippen molar-refractivity contribution in [3.05, 3.63) is 29.8 Å². The quantitative estimate of drug-likeness (QED) is 0.481. The van der Waals surface area contributed by atoms with Gasteiger partial charge in [-0.3, -0.25) is 9.59 Å². The third-order valence-electron chi connectivity index (χ3n) is 3.60. The first-order chi connectivity index (χ1) is 13.0. The predicted octanol–water partition coefficient (Wildman–Crippen LogP) is 0.561. The molecule has 1 aromatic rings. The van der Waals surface area contributed by atoms with Gasteiger partial charge >= 0.3 is 5.97 Å². The van der Waals surface area contributed by atoms with E-state index < -0.39 is 28.5 Å². The Labute approximate surface area is 165 Å². The summed E-state index contributed by atoms with van der Waals surface area (Å²) in [5, 5.41) is 4.94. The largest absolute Gasteiger partial charge is 0.452 e. The van der Waals surface area contributed by atoms with Gasteiger partial charge in [0.15, 0.2) is 6.61 Å². The smallest absolute Gasteiger partial charge is 0.338 e. The minimum absolute atomic E-state index is 0.0262. The minimum atomic E-state index is -3.67. The summed E-state index contributed by atoms with van der Waals surface area (Å²) in [6.07, 6.45) is 0.644. The molecule has 156 valence electrons. The van der Waals surface area contributed by atoms with Gasteiger partial charge in [-0.1, -0.05) is 6.92 Å². The van der Waals surface area contributed by atoms with Gasteiger partial charge < -0.3 is 15.4 Å². The fraction of sp³-hybridized carbons (Fsp3) is 0.500. The van der Waals surface area contributed by atoms with Crippen LogP contribution in [-0.2, 0) is 24.3 Å². The molecule has 0 aliphatic heterocycles. The molecule has 0 aliphatic carbocycles. The van der Waals surface area contributed by atoms with Crippen molar-refractivity contribution in [2.75, 3.05) is 13.2 Å². The molecule has 1 atom stereocenters. The van der Waals surface area contributed by atoms with Gasteiger partial charge in [-0.15, -0.1) is 0 Å². The van der Waals surface area contributed by atoms with Crippen LogP contribution in [0.15, 0.2) is 29.2 Å². The summed E-state index contributed by atoms with van der Waals surface area (Å²) in [7, 11) is -3.67. The second-order valence-electron chi connectivity index (χ2n) is 6.53. The number of ether oxygens (including phenoxy) is 1. The van der Waals surface area contributed by atoms with Crippen LogP contribution in [0.4, 0.5) is 0 Å². The number of rotatable bonds is 10. The Kier molecular flexibility index (Phi) is 9.07. The molecule has 28 heavy (non-hydrogen) atoms. The van der Waals surface area contributed by atoms with Crippen LogP contribution in [0.5, 0.6) is 0 Å². The molecule has 2 amide bonds. The lowest BCUT2D eigenvalue weighted by molar-refractivity contribution is -0.128. The number of amides is 2. The van der Waals surface area contributed by atoms with Crippen molar-refractivity contribution in [2.24, 2.45) is 0 Å². The topological polar surface area (TPSA) is 131 Å². The zero-order valence-corrected chi connectivity index (χ0v) is 17.3. The molecule has 1 aromatic carbocycles. The molecule has 0 saturated carbocycles. The number of nitrogens with one attached hydrogen (secondary N) is 3. The highest BCUT2D eigenvalue weighted by Crippen LogP contribution is 2.12. The van der Waals surface area contributed by atoms with Gasteiger partial charge in [0.2, 0.25) is 15.9 Å². The van der Waals surface area contributed by atoms with Gasteiger partial charge in [-0.2, -0.15) is 0 Å². The van der Waals surface area contributed by atoms with E-state index in [0.717, 1.165) is 0 Å². The molecule has 0 saturated heterocycles. The first kappa shape index (κ1) is 23.6. The molecule has 1 rings (SSSR count). The number of esters is 1. The summed E-state index contributed by atoms with van der Waals surface area (Å²) in [5.74, 6) is -1.75. The predicted molar refractivity (Wildman–Crippen MR) is 103 cm³/mol. The fourth-order valence-corrected chi connectivity index (χ4v) is 3.33. The monoisotopic (exact) mass is 413 g/mol. The van der Waals surface area contributed by atoms with Crippen molar-refractivity contribution < 1.29 is 27.5 Å². The average molecular weight is 413 g/mol. The third kappa shape index (κ3) is 8.05. The van der Waals surface area contributed by atoms with Crippen molar-refractivity contribution in [1.82, 2.24) is 15.4 Å². The lowest BCUT2D eigenvalue weighted by atomic mass is 10.2. The lowest BCUT2D eigenvalue weighted by Gasteiger charge is -2.12. The van der Waals surface area contributed by atoms with Crippen LogP contribution in [-0.4, -0.2) is 51.4 Å². The standard InChI is InChI=1S/C18H27N3O6S/c1-5-13(4)21-28(25,26)15-8-6-14(7-9-15)18(24)27-11-17(23)19-10-16(22)20-12(2)3/h6-9,12-13,21H,5,10-11H2,1-4H3,(H,19,23)(H,20,22)/t13-/m0/s1. The zero-order chi connectivity index (χ0) is 21.3. The van der Waals surface area contributed by atoms with Crippen molar-refractivity contribution >= 4 is 27.8 Å². The maximum absolute atomic E-state index is 12.2. The Hall–Kier alpha value is -2.46. The SMILES string of the molecule is CC[C@H](C)NS(=O)(=O)c1ccc(C(=O)OCC(=O)NCC(=O)NC(C)C)cc1. The van der Waals surface area contributed by atoms with Crippen LogP contribution < -0.4 is 15.4 Å². The molecule has 3 N–H and O–H groups in total. The van der Waals surface area contributed by atoms with Crippen LogP contribution >= 0.6 is 0 Å². The highest BCUT2D eigenvalue weighted by atomic mass is 32.2. The van der Waals surface area contributed by atoms with Crippen molar-refractivity contribution in [3.8, 4) is 0 Å². The van der Waals surface area contributed by atoms with Gasteiger partial charge in [-0.25, -0.2) is 17.9 Å². The number of carbonyl (C=O) groups excluding carboxylic acids is 3. The Balaban J connectivity index is 2.55. The number of hydrogen-bond donors (Lipinski definition) is 3. The molecule has 0 spiro atoms. The number of hydrogen-bond acceptors (Lipinski definition) is 6. The summed E-state index contributed by atoms with van der Waals surface area (Å²) >= 11 is 0. The van der Waals surface area contributed by atoms with Gasteiger partial charge in [0.1, 0.15) is 0 Å². The van der Waals surface area contributed by atoms with Crippen LogP contribution in [0.25, 0.3) is 0 Å². The molecule has 0 aliphatic rings. The number of carbonyl (C=O) groups is 3. The Bertz CT molecular complexity index is 790. The zero-order valence-electron chi connectivity index (χ0n) is 16.4. The van der Waals surface area contributed by atoms with Gasteiger partial charge in [0.05, 0.1) is 17.0 Å². The van der Waals surface area contributed by atoms with E-state index in [0.29, 0.717) is 6.42 Å². The molecule has 9 nitrogen and oxygen atoms in total. The number of benzene rings is 1. The minimum Gasteiger partial charge on any atom is -0.452 e. The van der Waals surface area contributed by atoms with Crippen molar-refractivity contribution in [2.45, 2.75) is 51.1 Å². The van der Waals surface area contributed by atoms with Crippen molar-refractivity contribution in [1.29, 1.82) is 0 Å². The van der Waals surface area contributed by atoms with Gasteiger partial charge in [0.25, 0.3) is 5.91 Å². The molecule has 0 aromatic heterocycles. The van der Waals surface area contributed by atoms with Crippen LogP contribution in [0.3, 0.4) is 0 Å². The van der Waals surface area contributed by atoms with E-state index in [2.05, 4.69) is 15.4 Å². The molecular formula is C18H27N3O6S. The molecule has 0 radical (unpaired) electrons. The fourth-order valence-electron chi connectivity index (χ4n) is 2.00. The lowest BCUT2D eigenvalue weighted by Crippen LogP contribution is -2.41. The second-order valence-corrected chi connectivity index (χ2v) is 8.24. The van der Waals surface area contributed by atoms with E-state index in [1.165, 1.54) is 24.3 Å². The molecule has 0 heterocycles. The summed E-state index contributed by atoms with van der Waals surface area (Å²) < 4.78 is 31.7. The van der Waals surface area contributed by atoms with E-state index in [-0.39, 0.29) is 35.0 Å². The summed E-state index contributed by atoms with van der Waals surface area (Å²) in [5.41, 5.74) is 0.104. The highest BCUT2D eigenvalue weighted by molar-refractivity contribution is 7.89. The normalized spacial score (nSPS) is 12.3. The maximum atomic E-state index is 12.2. The molecule has 10 heteroatoms. The maximum Gasteiger partial charge on any atom is 0.338 e. The Morgan fingerprint density at radius 2 is 1.64 bits per heavy atom. The van der Waals surface area contributed by atoms with Crippen LogP contribution in [0, 0.1) is 0 Å². The van der Waals surface area contributed by atoms with Crippen molar-refractivity contribution in [3.63, 3.8) is 0 Å². The summed E-state index contributed by atoms with van der Waals surface area (Å²) in [4.78, 5) is 35.1. The molecule has 0 bridgehead atoms.